The third-order valence-electron chi connectivity index (χ3n) is 5.43. The molecule has 0 radical (unpaired) electrons. The second-order valence-corrected chi connectivity index (χ2v) is 10.8. The average Bonchev–Trinajstić information content (AvgIpc) is 3.15. The van der Waals surface area contributed by atoms with Crippen LogP contribution >= 0.6 is 11.8 Å². The number of hydrogen-bond acceptors (Lipinski definition) is 4. The molecule has 5 nitrogen and oxygen atoms in total. The molecule has 0 aliphatic carbocycles. The van der Waals surface area contributed by atoms with Gasteiger partial charge in [-0.3, -0.25) is 9.10 Å². The van der Waals surface area contributed by atoms with Crippen molar-refractivity contribution in [2.75, 3.05) is 34.8 Å². The zero-order chi connectivity index (χ0) is 21.7. The Labute approximate surface area is 184 Å². The lowest BCUT2D eigenvalue weighted by molar-refractivity contribution is 0.0990. The fraction of sp³-hybridized carbons (Fsp3) is 0.435. The van der Waals surface area contributed by atoms with Crippen molar-refractivity contribution < 1.29 is 13.2 Å². The van der Waals surface area contributed by atoms with Crippen LogP contribution in [0.5, 0.6) is 0 Å². The van der Waals surface area contributed by atoms with Gasteiger partial charge in [0, 0.05) is 24.2 Å². The molecule has 0 spiro atoms. The average molecular weight is 447 g/mol. The van der Waals surface area contributed by atoms with Crippen molar-refractivity contribution in [1.29, 1.82) is 0 Å². The van der Waals surface area contributed by atoms with E-state index in [1.807, 2.05) is 17.8 Å². The summed E-state index contributed by atoms with van der Waals surface area (Å²) in [6.07, 6.45) is 6.99. The van der Waals surface area contributed by atoms with E-state index in [0.29, 0.717) is 17.8 Å². The molecular formula is C23H30N2O3S2. The monoisotopic (exact) mass is 446 g/mol. The van der Waals surface area contributed by atoms with Crippen LogP contribution < -0.4 is 9.21 Å². The number of rotatable bonds is 9. The van der Waals surface area contributed by atoms with Gasteiger partial charge in [-0.05, 0) is 54.5 Å². The van der Waals surface area contributed by atoms with Crippen molar-refractivity contribution >= 4 is 39.1 Å². The van der Waals surface area contributed by atoms with E-state index in [-0.39, 0.29) is 5.91 Å². The molecule has 162 valence electrons. The van der Waals surface area contributed by atoms with E-state index < -0.39 is 10.0 Å². The number of anilines is 2. The lowest BCUT2D eigenvalue weighted by Gasteiger charge is -2.23. The highest BCUT2D eigenvalue weighted by molar-refractivity contribution is 7.99. The molecule has 0 N–H and O–H groups in total. The van der Waals surface area contributed by atoms with Crippen molar-refractivity contribution in [3.05, 3.63) is 53.6 Å². The molecule has 0 bridgehead atoms. The molecule has 30 heavy (non-hydrogen) atoms. The summed E-state index contributed by atoms with van der Waals surface area (Å²) < 4.78 is 25.2. The Morgan fingerprint density at radius 2 is 1.90 bits per heavy atom. The highest BCUT2D eigenvalue weighted by atomic mass is 32.2. The van der Waals surface area contributed by atoms with Crippen LogP contribution in [0.25, 0.3) is 0 Å². The highest BCUT2D eigenvalue weighted by Gasteiger charge is 2.28. The molecule has 0 saturated heterocycles. The van der Waals surface area contributed by atoms with Gasteiger partial charge >= 0.3 is 0 Å². The van der Waals surface area contributed by atoms with E-state index in [1.165, 1.54) is 43.2 Å². The molecule has 0 saturated carbocycles. The Balaban J connectivity index is 1.77. The molecule has 2 aromatic rings. The van der Waals surface area contributed by atoms with Crippen LogP contribution in [0.4, 0.5) is 11.4 Å². The van der Waals surface area contributed by atoms with Crippen LogP contribution in [-0.2, 0) is 16.4 Å². The molecular weight excluding hydrogens is 416 g/mol. The van der Waals surface area contributed by atoms with Crippen LogP contribution in [-0.4, -0.2) is 39.9 Å². The van der Waals surface area contributed by atoms with Gasteiger partial charge in [-0.15, -0.1) is 11.8 Å². The van der Waals surface area contributed by atoms with Gasteiger partial charge in [0.1, 0.15) is 0 Å². The lowest BCUT2D eigenvalue weighted by atomic mass is 10.1. The van der Waals surface area contributed by atoms with E-state index in [9.17, 15) is 13.2 Å². The summed E-state index contributed by atoms with van der Waals surface area (Å²) in [7, 11) is -1.98. The molecule has 0 atom stereocenters. The molecule has 3 rings (SSSR count). The topological polar surface area (TPSA) is 57.7 Å². The number of thioether (sulfide) groups is 1. The smallest absolute Gasteiger partial charge is 0.260 e. The van der Waals surface area contributed by atoms with Crippen LogP contribution in [0.2, 0.25) is 0 Å². The normalized spacial score (nSPS) is 13.4. The minimum atomic E-state index is -3.46. The predicted molar refractivity (Wildman–Crippen MR) is 126 cm³/mol. The number of amides is 1. The number of nitrogens with zero attached hydrogens (tertiary/aromatic N) is 2. The van der Waals surface area contributed by atoms with Gasteiger partial charge in [0.25, 0.3) is 5.91 Å². The van der Waals surface area contributed by atoms with Crippen LogP contribution in [0.15, 0.2) is 47.4 Å². The molecule has 1 heterocycles. The molecule has 1 aliphatic heterocycles. The van der Waals surface area contributed by atoms with E-state index in [4.69, 9.17) is 0 Å². The van der Waals surface area contributed by atoms with Gasteiger partial charge in [0.2, 0.25) is 10.0 Å². The van der Waals surface area contributed by atoms with E-state index in [1.54, 1.807) is 29.2 Å². The first-order valence-corrected chi connectivity index (χ1v) is 13.3. The third-order valence-corrected chi connectivity index (χ3v) is 7.70. The number of sulfonamides is 1. The first kappa shape index (κ1) is 22.7. The second-order valence-electron chi connectivity index (χ2n) is 7.65. The third kappa shape index (κ3) is 5.19. The fourth-order valence-corrected chi connectivity index (χ4v) is 5.14. The number of benzene rings is 2. The first-order valence-electron chi connectivity index (χ1n) is 10.4. The first-order chi connectivity index (χ1) is 14.3. The zero-order valence-corrected chi connectivity index (χ0v) is 19.6. The number of carbonyl (C=O) groups is 1. The maximum atomic E-state index is 13.3. The molecule has 0 fully saturated rings. The van der Waals surface area contributed by atoms with Gasteiger partial charge in [-0.1, -0.05) is 38.3 Å². The number of para-hydroxylation sites is 1. The van der Waals surface area contributed by atoms with E-state index in [0.717, 1.165) is 28.4 Å². The Bertz CT molecular complexity index is 1010. The zero-order valence-electron chi connectivity index (χ0n) is 17.9. The summed E-state index contributed by atoms with van der Waals surface area (Å²) in [6.45, 7) is 2.83. The number of hydrogen-bond donors (Lipinski definition) is 0. The molecule has 2 aromatic carbocycles. The van der Waals surface area contributed by atoms with Gasteiger partial charge in [0.05, 0.1) is 17.5 Å². The summed E-state index contributed by atoms with van der Waals surface area (Å²) in [5.74, 6) is 0.951. The predicted octanol–water partition coefficient (Wildman–Crippen LogP) is 4.96. The molecule has 0 unspecified atom stereocenters. The SMILES string of the molecule is CCCCCCSc1ccc2c(c1)CCN2C(=O)c1ccccc1N(C)S(C)(=O)=O. The van der Waals surface area contributed by atoms with E-state index >= 15 is 0 Å². The van der Waals surface area contributed by atoms with Crippen LogP contribution in [0.1, 0.15) is 48.5 Å². The Kier molecular flexibility index (Phi) is 7.47. The molecule has 1 aliphatic rings. The maximum absolute atomic E-state index is 13.3. The summed E-state index contributed by atoms with van der Waals surface area (Å²) in [5, 5.41) is 0. The van der Waals surface area contributed by atoms with E-state index in [2.05, 4.69) is 19.1 Å². The van der Waals surface area contributed by atoms with Crippen LogP contribution in [0, 0.1) is 0 Å². The molecule has 1 amide bonds. The largest absolute Gasteiger partial charge is 0.308 e. The number of unbranched alkanes of at least 4 members (excludes halogenated alkanes) is 3. The fourth-order valence-electron chi connectivity index (χ4n) is 3.65. The van der Waals surface area contributed by atoms with Crippen molar-refractivity contribution in [2.45, 2.75) is 43.9 Å². The summed E-state index contributed by atoms with van der Waals surface area (Å²) in [4.78, 5) is 16.3. The minimum absolute atomic E-state index is 0.167. The van der Waals surface area contributed by atoms with Gasteiger partial charge < -0.3 is 4.90 Å². The Morgan fingerprint density at radius 3 is 2.63 bits per heavy atom. The summed E-state index contributed by atoms with van der Waals surface area (Å²) >= 11 is 1.88. The number of fused-ring (bicyclic) bond motifs is 1. The van der Waals surface area contributed by atoms with Crippen molar-refractivity contribution in [3.8, 4) is 0 Å². The maximum Gasteiger partial charge on any atom is 0.260 e. The Hall–Kier alpha value is -1.99. The van der Waals surface area contributed by atoms with Gasteiger partial charge in [0.15, 0.2) is 0 Å². The van der Waals surface area contributed by atoms with Crippen molar-refractivity contribution in [2.24, 2.45) is 0 Å². The van der Waals surface area contributed by atoms with Crippen molar-refractivity contribution in [1.82, 2.24) is 0 Å². The molecule has 0 aromatic heterocycles. The number of carbonyl (C=O) groups excluding carboxylic acids is 1. The van der Waals surface area contributed by atoms with Crippen molar-refractivity contribution in [3.63, 3.8) is 0 Å². The summed E-state index contributed by atoms with van der Waals surface area (Å²) in [5.41, 5.74) is 2.90. The molecule has 7 heteroatoms. The van der Waals surface area contributed by atoms with Crippen LogP contribution in [0.3, 0.4) is 0 Å². The standard InChI is InChI=1S/C23H30N2O3S2/c1-4-5-6-9-16-29-19-12-13-21-18(17-19)14-15-25(21)23(26)20-10-7-8-11-22(20)24(2)30(3,27)28/h7-8,10-13,17H,4-6,9,14-16H2,1-3H3. The van der Waals surface area contributed by atoms with Gasteiger partial charge in [-0.25, -0.2) is 8.42 Å². The lowest BCUT2D eigenvalue weighted by Crippen LogP contribution is -2.32. The second kappa shape index (κ2) is 9.88. The summed E-state index contributed by atoms with van der Waals surface area (Å²) in [6, 6.07) is 13.2. The van der Waals surface area contributed by atoms with Gasteiger partial charge in [-0.2, -0.15) is 0 Å². The highest BCUT2D eigenvalue weighted by Crippen LogP contribution is 2.34. The minimum Gasteiger partial charge on any atom is -0.308 e. The quantitative estimate of drug-likeness (QED) is 0.404. The Morgan fingerprint density at radius 1 is 1.13 bits per heavy atom.